The molecule has 0 radical (unpaired) electrons. The molecule has 7 heteroatoms. The molecule has 1 amide bonds. The van der Waals surface area contributed by atoms with Crippen LogP contribution in [0.5, 0.6) is 0 Å². The van der Waals surface area contributed by atoms with Gasteiger partial charge in [0, 0.05) is 45.0 Å². The highest BCUT2D eigenvalue weighted by molar-refractivity contribution is 6.42. The van der Waals surface area contributed by atoms with Crippen molar-refractivity contribution in [3.63, 3.8) is 0 Å². The van der Waals surface area contributed by atoms with Gasteiger partial charge in [0.05, 0.1) is 26.5 Å². The van der Waals surface area contributed by atoms with Crippen molar-refractivity contribution in [2.75, 3.05) is 13.1 Å². The van der Waals surface area contributed by atoms with Gasteiger partial charge in [-0.25, -0.2) is 0 Å². The average molecular weight is 430 g/mol. The summed E-state index contributed by atoms with van der Waals surface area (Å²) in [5, 5.41) is 1.59. The summed E-state index contributed by atoms with van der Waals surface area (Å²) in [6.07, 6.45) is 4.64. The SMILES string of the molecule is Cc1cn(C)c(=O)c2c(C(=O)N3C[C@H]4C[C@@]4(c4ccc(Cl)c(Cl)c4)C3)cn(C)c12. The van der Waals surface area contributed by atoms with Crippen LogP contribution in [0.25, 0.3) is 10.9 Å². The van der Waals surface area contributed by atoms with Crippen molar-refractivity contribution < 1.29 is 4.79 Å². The summed E-state index contributed by atoms with van der Waals surface area (Å²) in [6.45, 7) is 3.29. The lowest BCUT2D eigenvalue weighted by Gasteiger charge is -2.21. The highest BCUT2D eigenvalue weighted by atomic mass is 35.5. The molecule has 3 heterocycles. The second-order valence-electron chi connectivity index (χ2n) is 8.48. The maximum atomic E-state index is 13.4. The number of aromatic nitrogens is 2. The Morgan fingerprint density at radius 2 is 1.90 bits per heavy atom. The third kappa shape index (κ3) is 2.60. The lowest BCUT2D eigenvalue weighted by atomic mass is 9.95. The van der Waals surface area contributed by atoms with Gasteiger partial charge in [-0.2, -0.15) is 0 Å². The van der Waals surface area contributed by atoms with E-state index in [1.54, 1.807) is 17.8 Å². The molecule has 3 aromatic rings. The number of carbonyl (C=O) groups excluding carboxylic acids is 1. The maximum Gasteiger partial charge on any atom is 0.260 e. The first-order valence-corrected chi connectivity index (χ1v) is 10.4. The molecule has 29 heavy (non-hydrogen) atoms. The zero-order chi connectivity index (χ0) is 20.7. The van der Waals surface area contributed by atoms with Crippen LogP contribution in [-0.4, -0.2) is 33.0 Å². The Balaban J connectivity index is 1.52. The summed E-state index contributed by atoms with van der Waals surface area (Å²) in [5.74, 6) is 0.341. The summed E-state index contributed by atoms with van der Waals surface area (Å²) >= 11 is 12.3. The number of halogens is 2. The third-order valence-corrected chi connectivity index (χ3v) is 7.37. The molecule has 1 aliphatic carbocycles. The van der Waals surface area contributed by atoms with Crippen molar-refractivity contribution in [1.82, 2.24) is 14.0 Å². The molecule has 2 aliphatic rings. The number of benzene rings is 1. The summed E-state index contributed by atoms with van der Waals surface area (Å²) in [7, 11) is 3.60. The van der Waals surface area contributed by atoms with Crippen LogP contribution >= 0.6 is 23.2 Å². The zero-order valence-electron chi connectivity index (χ0n) is 16.5. The molecular formula is C22H21Cl2N3O2. The van der Waals surface area contributed by atoms with Gasteiger partial charge < -0.3 is 14.0 Å². The minimum Gasteiger partial charge on any atom is -0.349 e. The van der Waals surface area contributed by atoms with E-state index in [2.05, 4.69) is 0 Å². The van der Waals surface area contributed by atoms with Gasteiger partial charge in [-0.1, -0.05) is 29.3 Å². The van der Waals surface area contributed by atoms with E-state index in [4.69, 9.17) is 23.2 Å². The molecule has 2 atom stereocenters. The van der Waals surface area contributed by atoms with Gasteiger partial charge in [0.1, 0.15) is 0 Å². The number of rotatable bonds is 2. The van der Waals surface area contributed by atoms with Gasteiger partial charge >= 0.3 is 0 Å². The van der Waals surface area contributed by atoms with E-state index in [9.17, 15) is 9.59 Å². The van der Waals surface area contributed by atoms with Crippen molar-refractivity contribution in [3.05, 3.63) is 67.7 Å². The monoisotopic (exact) mass is 429 g/mol. The first-order chi connectivity index (χ1) is 13.7. The Labute approximate surface area is 178 Å². The van der Waals surface area contributed by atoms with E-state index < -0.39 is 0 Å². The molecule has 150 valence electrons. The number of hydrogen-bond acceptors (Lipinski definition) is 2. The number of pyridine rings is 1. The predicted molar refractivity (Wildman–Crippen MR) is 115 cm³/mol. The van der Waals surface area contributed by atoms with Crippen LogP contribution < -0.4 is 5.56 Å². The molecule has 1 aromatic carbocycles. The third-order valence-electron chi connectivity index (χ3n) is 6.63. The first-order valence-electron chi connectivity index (χ1n) is 9.63. The second kappa shape index (κ2) is 6.13. The minimum atomic E-state index is -0.141. The number of aryl methyl sites for hydroxylation is 3. The van der Waals surface area contributed by atoms with E-state index >= 15 is 0 Å². The summed E-state index contributed by atoms with van der Waals surface area (Å²) in [6, 6.07) is 5.76. The number of nitrogens with zero attached hydrogens (tertiary/aromatic N) is 3. The fourth-order valence-electron chi connectivity index (χ4n) is 5.13. The van der Waals surface area contributed by atoms with Crippen LogP contribution in [0.4, 0.5) is 0 Å². The van der Waals surface area contributed by atoms with E-state index in [1.165, 1.54) is 0 Å². The second-order valence-corrected chi connectivity index (χ2v) is 9.29. The smallest absolute Gasteiger partial charge is 0.260 e. The average Bonchev–Trinajstić information content (AvgIpc) is 3.06. The van der Waals surface area contributed by atoms with E-state index in [0.717, 1.165) is 23.1 Å². The lowest BCUT2D eigenvalue weighted by Crippen LogP contribution is -2.33. The fourth-order valence-corrected chi connectivity index (χ4v) is 5.43. The van der Waals surface area contributed by atoms with Crippen molar-refractivity contribution >= 4 is 40.0 Å². The molecule has 0 bridgehead atoms. The van der Waals surface area contributed by atoms with Gasteiger partial charge in [0.15, 0.2) is 0 Å². The number of carbonyl (C=O) groups is 1. The van der Waals surface area contributed by atoms with Crippen molar-refractivity contribution in [1.29, 1.82) is 0 Å². The van der Waals surface area contributed by atoms with Crippen molar-refractivity contribution in [2.45, 2.75) is 18.8 Å². The number of amides is 1. The van der Waals surface area contributed by atoms with Gasteiger partial charge in [0.2, 0.25) is 0 Å². The molecule has 1 aliphatic heterocycles. The van der Waals surface area contributed by atoms with E-state index in [1.807, 2.05) is 47.8 Å². The van der Waals surface area contributed by atoms with Crippen molar-refractivity contribution in [2.24, 2.45) is 20.0 Å². The first kappa shape index (κ1) is 18.8. The van der Waals surface area contributed by atoms with Gasteiger partial charge in [0.25, 0.3) is 11.5 Å². The number of likely N-dealkylation sites (tertiary alicyclic amines) is 1. The highest BCUT2D eigenvalue weighted by Crippen LogP contribution is 2.59. The molecule has 2 aromatic heterocycles. The molecule has 5 rings (SSSR count). The van der Waals surface area contributed by atoms with Crippen LogP contribution in [0.3, 0.4) is 0 Å². The van der Waals surface area contributed by atoms with Crippen LogP contribution in [-0.2, 0) is 19.5 Å². The summed E-state index contributed by atoms with van der Waals surface area (Å²) < 4.78 is 3.43. The van der Waals surface area contributed by atoms with Gasteiger partial charge in [-0.15, -0.1) is 0 Å². The number of hydrogen-bond donors (Lipinski definition) is 0. The van der Waals surface area contributed by atoms with Crippen LogP contribution in [0.15, 0.2) is 35.4 Å². The normalized spacial score (nSPS) is 22.9. The largest absolute Gasteiger partial charge is 0.349 e. The minimum absolute atomic E-state index is 0.0463. The predicted octanol–water partition coefficient (Wildman–Crippen LogP) is 3.91. The lowest BCUT2D eigenvalue weighted by molar-refractivity contribution is 0.0774. The molecular weight excluding hydrogens is 409 g/mol. The molecule has 2 fully saturated rings. The number of piperidine rings is 1. The quantitative estimate of drug-likeness (QED) is 0.619. The van der Waals surface area contributed by atoms with E-state index in [-0.39, 0.29) is 16.9 Å². The van der Waals surface area contributed by atoms with Crippen LogP contribution in [0.2, 0.25) is 10.0 Å². The van der Waals surface area contributed by atoms with Crippen molar-refractivity contribution in [3.8, 4) is 0 Å². The molecule has 0 unspecified atom stereocenters. The molecule has 1 saturated heterocycles. The summed E-state index contributed by atoms with van der Waals surface area (Å²) in [4.78, 5) is 28.1. The summed E-state index contributed by atoms with van der Waals surface area (Å²) in [5.41, 5.74) is 3.22. The Morgan fingerprint density at radius 3 is 2.62 bits per heavy atom. The topological polar surface area (TPSA) is 47.2 Å². The Kier molecular flexibility index (Phi) is 3.97. The molecule has 0 N–H and O–H groups in total. The van der Waals surface area contributed by atoms with E-state index in [0.29, 0.717) is 40.0 Å². The Morgan fingerprint density at radius 1 is 1.14 bits per heavy atom. The van der Waals surface area contributed by atoms with Crippen LogP contribution in [0, 0.1) is 12.8 Å². The zero-order valence-corrected chi connectivity index (χ0v) is 18.0. The Hall–Kier alpha value is -2.24. The molecule has 1 saturated carbocycles. The fraction of sp³-hybridized carbons (Fsp3) is 0.364. The number of fused-ring (bicyclic) bond motifs is 2. The highest BCUT2D eigenvalue weighted by Gasteiger charge is 2.61. The maximum absolute atomic E-state index is 13.4. The molecule has 0 spiro atoms. The Bertz CT molecular complexity index is 1260. The standard InChI is InChI=1S/C22H21Cl2N3O2/c1-12-8-26(3)21(29)18-15(10-25(2)19(12)18)20(28)27-9-14-7-22(14,11-27)13-4-5-16(23)17(24)6-13/h4-6,8,10,14H,7,9,11H2,1-3H3/t14-,22+/m1/s1. The molecule has 5 nitrogen and oxygen atoms in total. The van der Waals surface area contributed by atoms with Gasteiger partial charge in [-0.3, -0.25) is 9.59 Å². The van der Waals surface area contributed by atoms with Crippen LogP contribution in [0.1, 0.15) is 27.9 Å². The van der Waals surface area contributed by atoms with Gasteiger partial charge in [-0.05, 0) is 42.5 Å².